The highest BCUT2D eigenvalue weighted by atomic mass is 16.6. The number of nitrogens with zero attached hydrogens (tertiary/aromatic N) is 2. The van der Waals surface area contributed by atoms with Crippen molar-refractivity contribution in [3.05, 3.63) is 57.2 Å². The average molecular weight is 338 g/mol. The van der Waals surface area contributed by atoms with E-state index in [0.29, 0.717) is 11.3 Å². The molecular weight excluding hydrogens is 320 g/mol. The Kier molecular flexibility index (Phi) is 3.22. The van der Waals surface area contributed by atoms with E-state index < -0.39 is 4.92 Å². The summed E-state index contributed by atoms with van der Waals surface area (Å²) in [5, 5.41) is 11.1. The fourth-order valence-corrected chi connectivity index (χ4v) is 4.62. The van der Waals surface area contributed by atoms with Crippen molar-refractivity contribution in [2.45, 2.75) is 20.8 Å². The van der Waals surface area contributed by atoms with Crippen molar-refractivity contribution in [1.29, 1.82) is 0 Å². The summed E-state index contributed by atoms with van der Waals surface area (Å²) in [6.07, 6.45) is 4.06. The number of nitro groups is 1. The van der Waals surface area contributed by atoms with Crippen LogP contribution in [0.4, 0.5) is 11.4 Å². The van der Waals surface area contributed by atoms with Crippen LogP contribution in [0.25, 0.3) is 0 Å². The van der Waals surface area contributed by atoms with Crippen molar-refractivity contribution in [2.24, 2.45) is 23.7 Å². The maximum Gasteiger partial charge on any atom is 0.271 e. The number of anilines is 1. The molecule has 6 heteroatoms. The Morgan fingerprint density at radius 2 is 1.64 bits per heavy atom. The predicted molar refractivity (Wildman–Crippen MR) is 91.8 cm³/mol. The molecule has 0 unspecified atom stereocenters. The van der Waals surface area contributed by atoms with Gasteiger partial charge >= 0.3 is 0 Å². The van der Waals surface area contributed by atoms with Crippen LogP contribution in [0.1, 0.15) is 19.4 Å². The molecule has 0 N–H and O–H groups in total. The first-order valence-corrected chi connectivity index (χ1v) is 8.31. The molecule has 1 heterocycles. The number of carbonyl (C=O) groups is 2. The standard InChI is InChI=1S/C19H18N2O4/c1-9(2)15-12-6-7-13(15)17-16(12)18(22)20(19(17)23)14-8-11(21(24)25)5-4-10(14)3/h4-8,12-13,16-17H,1-3H3/t12-,13-,16-,17+/m1/s1. The molecule has 25 heavy (non-hydrogen) atoms. The third kappa shape index (κ3) is 1.97. The van der Waals surface area contributed by atoms with Gasteiger partial charge in [0.2, 0.25) is 11.8 Å². The summed E-state index contributed by atoms with van der Waals surface area (Å²) in [7, 11) is 0. The number of non-ortho nitro benzene ring substituents is 1. The van der Waals surface area contributed by atoms with Crippen LogP contribution in [0.3, 0.4) is 0 Å². The Bertz CT molecular complexity index is 861. The first kappa shape index (κ1) is 15.7. The molecule has 0 aromatic heterocycles. The lowest BCUT2D eigenvalue weighted by atomic mass is 9.85. The molecule has 4 rings (SSSR count). The Balaban J connectivity index is 1.79. The van der Waals surface area contributed by atoms with E-state index in [0.717, 1.165) is 5.57 Å². The van der Waals surface area contributed by atoms with Crippen molar-refractivity contribution < 1.29 is 14.5 Å². The fourth-order valence-electron chi connectivity index (χ4n) is 4.62. The smallest absolute Gasteiger partial charge is 0.271 e. The van der Waals surface area contributed by atoms with E-state index in [4.69, 9.17) is 0 Å². The summed E-state index contributed by atoms with van der Waals surface area (Å²) >= 11 is 0. The molecule has 2 bridgehead atoms. The average Bonchev–Trinajstić information content (AvgIpc) is 3.18. The minimum Gasteiger partial charge on any atom is -0.274 e. The van der Waals surface area contributed by atoms with Crippen molar-refractivity contribution in [2.75, 3.05) is 4.90 Å². The maximum absolute atomic E-state index is 13.1. The van der Waals surface area contributed by atoms with Gasteiger partial charge in [0.05, 0.1) is 22.4 Å². The molecule has 0 radical (unpaired) electrons. The van der Waals surface area contributed by atoms with Crippen molar-refractivity contribution >= 4 is 23.2 Å². The summed E-state index contributed by atoms with van der Waals surface area (Å²) < 4.78 is 0. The second-order valence-corrected chi connectivity index (χ2v) is 7.18. The van der Waals surface area contributed by atoms with Crippen LogP contribution in [-0.2, 0) is 9.59 Å². The van der Waals surface area contributed by atoms with E-state index in [1.807, 2.05) is 26.0 Å². The summed E-state index contributed by atoms with van der Waals surface area (Å²) in [6, 6.07) is 4.29. The van der Waals surface area contributed by atoms with Gasteiger partial charge in [-0.05, 0) is 26.3 Å². The van der Waals surface area contributed by atoms with Crippen LogP contribution < -0.4 is 4.90 Å². The number of benzene rings is 1. The number of amides is 2. The number of fused-ring (bicyclic) bond motifs is 5. The zero-order chi connectivity index (χ0) is 18.0. The van der Waals surface area contributed by atoms with E-state index in [2.05, 4.69) is 0 Å². The highest BCUT2D eigenvalue weighted by molar-refractivity contribution is 6.23. The molecule has 1 aromatic rings. The third-order valence-electron chi connectivity index (χ3n) is 5.64. The minimum atomic E-state index is -0.513. The molecule has 0 spiro atoms. The predicted octanol–water partition coefficient (Wildman–Crippen LogP) is 3.16. The molecule has 1 aliphatic heterocycles. The molecule has 128 valence electrons. The molecule has 2 aliphatic carbocycles. The molecule has 1 saturated heterocycles. The number of hydrogen-bond acceptors (Lipinski definition) is 4. The number of hydrogen-bond donors (Lipinski definition) is 0. The maximum atomic E-state index is 13.1. The van der Waals surface area contributed by atoms with E-state index in [9.17, 15) is 19.7 Å². The van der Waals surface area contributed by atoms with Gasteiger partial charge in [-0.1, -0.05) is 29.4 Å². The third-order valence-corrected chi connectivity index (χ3v) is 5.64. The van der Waals surface area contributed by atoms with Gasteiger partial charge in [0, 0.05) is 24.0 Å². The second-order valence-electron chi connectivity index (χ2n) is 7.18. The Hall–Kier alpha value is -2.76. The summed E-state index contributed by atoms with van der Waals surface area (Å²) in [5.41, 5.74) is 3.23. The Morgan fingerprint density at radius 1 is 1.08 bits per heavy atom. The number of aryl methyl sites for hydroxylation is 1. The first-order chi connectivity index (χ1) is 11.8. The lowest BCUT2D eigenvalue weighted by Crippen LogP contribution is -2.33. The Morgan fingerprint density at radius 3 is 2.12 bits per heavy atom. The Labute approximate surface area is 145 Å². The summed E-state index contributed by atoms with van der Waals surface area (Å²) in [4.78, 5) is 37.9. The number of carbonyl (C=O) groups excluding carboxylic acids is 2. The summed E-state index contributed by atoms with van der Waals surface area (Å²) in [6.45, 7) is 5.78. The normalized spacial score (nSPS) is 29.6. The number of imide groups is 1. The molecule has 6 nitrogen and oxygen atoms in total. The fraction of sp³-hybridized carbons (Fsp3) is 0.368. The molecule has 2 amide bonds. The molecule has 1 saturated carbocycles. The van der Waals surface area contributed by atoms with Crippen LogP contribution >= 0.6 is 0 Å². The molecule has 4 atom stereocenters. The topological polar surface area (TPSA) is 80.5 Å². The van der Waals surface area contributed by atoms with Gasteiger partial charge < -0.3 is 0 Å². The SMILES string of the molecule is CC(C)=C1[C@H]2C=C[C@H]1[C@H]1C(=O)N(c3cc([N+](=O)[O-])ccc3C)C(=O)[C@H]12. The number of nitro benzene ring substituents is 1. The number of rotatable bonds is 2. The van der Waals surface area contributed by atoms with Crippen molar-refractivity contribution in [3.63, 3.8) is 0 Å². The van der Waals surface area contributed by atoms with Crippen molar-refractivity contribution in [3.8, 4) is 0 Å². The highest BCUT2D eigenvalue weighted by Gasteiger charge is 2.62. The molecular formula is C19H18N2O4. The second kappa shape index (κ2) is 5.12. The van der Waals surface area contributed by atoms with Crippen LogP contribution in [-0.4, -0.2) is 16.7 Å². The monoisotopic (exact) mass is 338 g/mol. The lowest BCUT2D eigenvalue weighted by Gasteiger charge is -2.20. The van der Waals surface area contributed by atoms with Gasteiger partial charge in [-0.3, -0.25) is 19.7 Å². The molecule has 3 aliphatic rings. The summed E-state index contributed by atoms with van der Waals surface area (Å²) in [5.74, 6) is -1.30. The highest BCUT2D eigenvalue weighted by Crippen LogP contribution is 2.57. The van der Waals surface area contributed by atoms with Gasteiger partial charge in [0.1, 0.15) is 0 Å². The van der Waals surface area contributed by atoms with Gasteiger partial charge in [-0.15, -0.1) is 0 Å². The van der Waals surface area contributed by atoms with Gasteiger partial charge in [0.25, 0.3) is 5.69 Å². The minimum absolute atomic E-state index is 0.0274. The van der Waals surface area contributed by atoms with Crippen LogP contribution in [0.2, 0.25) is 0 Å². The van der Waals surface area contributed by atoms with E-state index in [-0.39, 0.29) is 41.2 Å². The van der Waals surface area contributed by atoms with E-state index >= 15 is 0 Å². The van der Waals surface area contributed by atoms with Crippen LogP contribution in [0.5, 0.6) is 0 Å². The lowest BCUT2D eigenvalue weighted by molar-refractivity contribution is -0.384. The molecule has 2 fully saturated rings. The zero-order valence-corrected chi connectivity index (χ0v) is 14.2. The van der Waals surface area contributed by atoms with E-state index in [1.54, 1.807) is 13.0 Å². The zero-order valence-electron chi connectivity index (χ0n) is 14.2. The first-order valence-electron chi connectivity index (χ1n) is 8.31. The largest absolute Gasteiger partial charge is 0.274 e. The molecule has 1 aromatic carbocycles. The quantitative estimate of drug-likeness (QED) is 0.359. The van der Waals surface area contributed by atoms with Gasteiger partial charge in [-0.25, -0.2) is 4.90 Å². The number of allylic oxidation sites excluding steroid dienone is 4. The van der Waals surface area contributed by atoms with Crippen molar-refractivity contribution in [1.82, 2.24) is 0 Å². The van der Waals surface area contributed by atoms with Gasteiger partial charge in [-0.2, -0.15) is 0 Å². The van der Waals surface area contributed by atoms with Gasteiger partial charge in [0.15, 0.2) is 0 Å². The van der Waals surface area contributed by atoms with Crippen LogP contribution in [0, 0.1) is 40.7 Å². The van der Waals surface area contributed by atoms with Crippen LogP contribution in [0.15, 0.2) is 41.5 Å². The van der Waals surface area contributed by atoms with E-state index in [1.165, 1.54) is 22.6 Å².